The SMILES string of the molecule is CCCC(CN=C(NCC)N1CCC(O)CC1)NC(=O)OC(C)(C)C.I. The average Bonchev–Trinajstić information content (AvgIpc) is 2.50. The zero-order valence-electron chi connectivity index (χ0n) is 16.9. The molecule has 3 N–H and O–H groups in total. The Kier molecular flexibility index (Phi) is 12.2. The van der Waals surface area contributed by atoms with Crippen LogP contribution in [0.15, 0.2) is 4.99 Å². The molecular formula is C18H37IN4O3. The van der Waals surface area contributed by atoms with Crippen molar-refractivity contribution in [3.8, 4) is 0 Å². The number of aliphatic hydroxyl groups excluding tert-OH is 1. The minimum absolute atomic E-state index is 0. The van der Waals surface area contributed by atoms with E-state index < -0.39 is 11.7 Å². The number of guanidine groups is 1. The predicted octanol–water partition coefficient (Wildman–Crippen LogP) is 2.72. The lowest BCUT2D eigenvalue weighted by Crippen LogP contribution is -2.47. The molecule has 0 bridgehead atoms. The molecule has 1 rings (SSSR count). The lowest BCUT2D eigenvalue weighted by Gasteiger charge is -2.32. The summed E-state index contributed by atoms with van der Waals surface area (Å²) in [5.74, 6) is 0.849. The first-order valence-corrected chi connectivity index (χ1v) is 9.46. The van der Waals surface area contributed by atoms with E-state index in [1.165, 1.54) is 0 Å². The molecule has 0 saturated carbocycles. The van der Waals surface area contributed by atoms with Gasteiger partial charge in [-0.3, -0.25) is 4.99 Å². The number of amides is 1. The first-order valence-electron chi connectivity index (χ1n) is 9.46. The van der Waals surface area contributed by atoms with Gasteiger partial charge in [-0.25, -0.2) is 4.79 Å². The highest BCUT2D eigenvalue weighted by Crippen LogP contribution is 2.11. The van der Waals surface area contributed by atoms with E-state index >= 15 is 0 Å². The molecule has 0 aromatic carbocycles. The van der Waals surface area contributed by atoms with Gasteiger partial charge in [0.15, 0.2) is 5.96 Å². The molecule has 8 heteroatoms. The van der Waals surface area contributed by atoms with Crippen molar-refractivity contribution in [1.82, 2.24) is 15.5 Å². The summed E-state index contributed by atoms with van der Waals surface area (Å²) < 4.78 is 5.34. The van der Waals surface area contributed by atoms with E-state index in [4.69, 9.17) is 9.73 Å². The number of aliphatic hydroxyl groups is 1. The molecule has 1 heterocycles. The number of nitrogens with one attached hydrogen (secondary N) is 2. The molecule has 0 aliphatic carbocycles. The van der Waals surface area contributed by atoms with Gasteiger partial charge in [0.25, 0.3) is 0 Å². The van der Waals surface area contributed by atoms with Crippen molar-refractivity contribution in [2.75, 3.05) is 26.2 Å². The number of rotatable bonds is 6. The first-order chi connectivity index (χ1) is 11.7. The van der Waals surface area contributed by atoms with Crippen molar-refractivity contribution >= 4 is 36.0 Å². The lowest BCUT2D eigenvalue weighted by atomic mass is 10.1. The number of ether oxygens (including phenoxy) is 1. The number of halogens is 1. The van der Waals surface area contributed by atoms with Crippen molar-refractivity contribution < 1.29 is 14.6 Å². The second kappa shape index (κ2) is 12.6. The molecule has 0 aromatic rings. The molecule has 0 aromatic heterocycles. The summed E-state index contributed by atoms with van der Waals surface area (Å²) >= 11 is 0. The van der Waals surface area contributed by atoms with Crippen molar-refractivity contribution in [2.24, 2.45) is 4.99 Å². The van der Waals surface area contributed by atoms with Gasteiger partial charge in [0.1, 0.15) is 5.60 Å². The van der Waals surface area contributed by atoms with Gasteiger partial charge >= 0.3 is 6.09 Å². The zero-order chi connectivity index (χ0) is 18.9. The minimum atomic E-state index is -0.506. The molecule has 1 amide bonds. The largest absolute Gasteiger partial charge is 0.444 e. The van der Waals surface area contributed by atoms with E-state index in [0.717, 1.165) is 51.3 Å². The summed E-state index contributed by atoms with van der Waals surface area (Å²) in [6.45, 7) is 12.6. The molecule has 1 unspecified atom stereocenters. The molecule has 154 valence electrons. The van der Waals surface area contributed by atoms with E-state index in [2.05, 4.69) is 22.5 Å². The number of aliphatic imine (C=N–C) groups is 1. The van der Waals surface area contributed by atoms with E-state index in [-0.39, 0.29) is 36.1 Å². The number of carbonyl (C=O) groups excluding carboxylic acids is 1. The second-order valence-corrected chi connectivity index (χ2v) is 7.54. The number of likely N-dealkylation sites (tertiary alicyclic amines) is 1. The summed E-state index contributed by atoms with van der Waals surface area (Å²) in [6, 6.07) is -0.0520. The Bertz CT molecular complexity index is 433. The van der Waals surface area contributed by atoms with Crippen LogP contribution < -0.4 is 10.6 Å². The van der Waals surface area contributed by atoms with Crippen molar-refractivity contribution in [1.29, 1.82) is 0 Å². The summed E-state index contributed by atoms with van der Waals surface area (Å²) in [5, 5.41) is 15.9. The van der Waals surface area contributed by atoms with E-state index in [1.807, 2.05) is 27.7 Å². The third-order valence-electron chi connectivity index (χ3n) is 3.92. The van der Waals surface area contributed by atoms with Crippen LogP contribution in [0.4, 0.5) is 4.79 Å². The Morgan fingerprint density at radius 1 is 1.31 bits per heavy atom. The zero-order valence-corrected chi connectivity index (χ0v) is 19.2. The van der Waals surface area contributed by atoms with E-state index in [9.17, 15) is 9.90 Å². The van der Waals surface area contributed by atoms with Crippen LogP contribution in [0.1, 0.15) is 60.3 Å². The highest BCUT2D eigenvalue weighted by Gasteiger charge is 2.21. The number of nitrogens with zero attached hydrogens (tertiary/aromatic N) is 2. The Hall–Kier alpha value is -0.770. The Morgan fingerprint density at radius 2 is 1.92 bits per heavy atom. The fraction of sp³-hybridized carbons (Fsp3) is 0.889. The van der Waals surface area contributed by atoms with Crippen LogP contribution in [0.25, 0.3) is 0 Å². The Balaban J connectivity index is 0.00000625. The minimum Gasteiger partial charge on any atom is -0.444 e. The third kappa shape index (κ3) is 10.4. The normalized spacial score (nSPS) is 17.3. The van der Waals surface area contributed by atoms with Crippen LogP contribution in [-0.2, 0) is 4.74 Å². The van der Waals surface area contributed by atoms with Gasteiger partial charge in [0.05, 0.1) is 18.7 Å². The molecule has 26 heavy (non-hydrogen) atoms. The van der Waals surface area contributed by atoms with Crippen LogP contribution in [0, 0.1) is 0 Å². The van der Waals surface area contributed by atoms with E-state index in [0.29, 0.717) is 6.54 Å². The van der Waals surface area contributed by atoms with Crippen molar-refractivity contribution in [3.05, 3.63) is 0 Å². The lowest BCUT2D eigenvalue weighted by molar-refractivity contribution is 0.0503. The molecule has 0 spiro atoms. The van der Waals surface area contributed by atoms with Gasteiger partial charge in [-0.15, -0.1) is 24.0 Å². The monoisotopic (exact) mass is 484 g/mol. The fourth-order valence-electron chi connectivity index (χ4n) is 2.73. The van der Waals surface area contributed by atoms with Crippen molar-refractivity contribution in [2.45, 2.75) is 78.0 Å². The molecular weight excluding hydrogens is 447 g/mol. The van der Waals surface area contributed by atoms with Crippen LogP contribution in [0.3, 0.4) is 0 Å². The third-order valence-corrected chi connectivity index (χ3v) is 3.92. The number of alkyl carbamates (subject to hydrolysis) is 1. The van der Waals surface area contributed by atoms with Crippen LogP contribution in [0.5, 0.6) is 0 Å². The Labute approximate surface area is 175 Å². The molecule has 7 nitrogen and oxygen atoms in total. The van der Waals surface area contributed by atoms with Crippen LogP contribution in [0.2, 0.25) is 0 Å². The topological polar surface area (TPSA) is 86.2 Å². The molecule has 1 saturated heterocycles. The van der Waals surface area contributed by atoms with Crippen LogP contribution >= 0.6 is 24.0 Å². The van der Waals surface area contributed by atoms with Crippen molar-refractivity contribution in [3.63, 3.8) is 0 Å². The molecule has 0 radical (unpaired) electrons. The summed E-state index contributed by atoms with van der Waals surface area (Å²) in [5.41, 5.74) is -0.506. The van der Waals surface area contributed by atoms with E-state index in [1.54, 1.807) is 0 Å². The fourth-order valence-corrected chi connectivity index (χ4v) is 2.73. The molecule has 1 aliphatic rings. The maximum absolute atomic E-state index is 12.0. The molecule has 1 atom stereocenters. The first kappa shape index (κ1) is 25.2. The second-order valence-electron chi connectivity index (χ2n) is 7.54. The predicted molar refractivity (Wildman–Crippen MR) is 116 cm³/mol. The molecule has 1 aliphatic heterocycles. The van der Waals surface area contributed by atoms with Gasteiger partial charge in [-0.1, -0.05) is 13.3 Å². The number of piperidine rings is 1. The maximum atomic E-state index is 12.0. The van der Waals surface area contributed by atoms with Gasteiger partial charge in [-0.05, 0) is 47.0 Å². The standard InChI is InChI=1S/C18H36N4O3.HI/c1-6-8-14(21-17(24)25-18(3,4)5)13-20-16(19-7-2)22-11-9-15(23)10-12-22;/h14-15,23H,6-13H2,1-5H3,(H,19,20)(H,21,24);1H. The maximum Gasteiger partial charge on any atom is 0.407 e. The highest BCUT2D eigenvalue weighted by atomic mass is 127. The number of carbonyl (C=O) groups is 1. The van der Waals surface area contributed by atoms with Gasteiger partial charge in [-0.2, -0.15) is 0 Å². The van der Waals surface area contributed by atoms with Crippen LogP contribution in [-0.4, -0.2) is 66.0 Å². The summed E-state index contributed by atoms with van der Waals surface area (Å²) in [4.78, 5) is 18.9. The van der Waals surface area contributed by atoms with Gasteiger partial charge in [0, 0.05) is 19.6 Å². The number of hydrogen-bond acceptors (Lipinski definition) is 4. The van der Waals surface area contributed by atoms with Gasteiger partial charge < -0.3 is 25.4 Å². The Morgan fingerprint density at radius 3 is 2.42 bits per heavy atom. The summed E-state index contributed by atoms with van der Waals surface area (Å²) in [7, 11) is 0. The number of hydrogen-bond donors (Lipinski definition) is 3. The summed E-state index contributed by atoms with van der Waals surface area (Å²) in [6.07, 6.45) is 2.73. The average molecular weight is 484 g/mol. The van der Waals surface area contributed by atoms with Gasteiger partial charge in [0.2, 0.25) is 0 Å². The quantitative estimate of drug-likeness (QED) is 0.307. The highest BCUT2D eigenvalue weighted by molar-refractivity contribution is 14.0. The molecule has 1 fully saturated rings. The smallest absolute Gasteiger partial charge is 0.407 e.